The van der Waals surface area contributed by atoms with Crippen LogP contribution in [-0.2, 0) is 14.6 Å². The predicted octanol–water partition coefficient (Wildman–Crippen LogP) is 0.810. The normalized spacial score (nSPS) is 24.2. The van der Waals surface area contributed by atoms with E-state index < -0.39 is 11.6 Å². The first kappa shape index (κ1) is 6.29. The van der Waals surface area contributed by atoms with Crippen LogP contribution >= 0.6 is 0 Å². The molecule has 0 bridgehead atoms. The molecule has 0 aromatic carbocycles. The Balaban J connectivity index is 2.86. The lowest BCUT2D eigenvalue weighted by atomic mass is 10.0. The molecule has 1 aliphatic rings. The van der Waals surface area contributed by atoms with E-state index >= 15 is 0 Å². The molecule has 1 aliphatic heterocycles. The summed E-state index contributed by atoms with van der Waals surface area (Å²) in [6, 6.07) is 0. The number of hydrogen-bond donors (Lipinski definition) is 0. The van der Waals surface area contributed by atoms with E-state index in [1.165, 1.54) is 0 Å². The van der Waals surface area contributed by atoms with Gasteiger partial charge >= 0.3 is 5.97 Å². The molecule has 1 fully saturated rings. The lowest BCUT2D eigenvalue weighted by Crippen LogP contribution is -2.19. The Morgan fingerprint density at radius 1 is 1.56 bits per heavy atom. The number of carbonyl (C=O) groups is 1. The van der Waals surface area contributed by atoms with Crippen LogP contribution in [-0.4, -0.2) is 11.6 Å². The molecule has 0 aromatic heterocycles. The van der Waals surface area contributed by atoms with E-state index in [2.05, 4.69) is 16.4 Å². The molecule has 1 heterocycles. The molecule has 0 aromatic rings. The van der Waals surface area contributed by atoms with E-state index in [0.717, 1.165) is 0 Å². The summed E-state index contributed by atoms with van der Waals surface area (Å²) < 4.78 is 0. The van der Waals surface area contributed by atoms with Crippen LogP contribution in [0.2, 0.25) is 0 Å². The second-order valence-electron chi connectivity index (χ2n) is 2.44. The van der Waals surface area contributed by atoms with Crippen molar-refractivity contribution in [2.75, 3.05) is 0 Å². The average Bonchev–Trinajstić information content (AvgIpc) is 1.97. The van der Waals surface area contributed by atoms with E-state index in [1.807, 2.05) is 0 Å². The zero-order valence-electron chi connectivity index (χ0n) is 5.43. The lowest BCUT2D eigenvalue weighted by molar-refractivity contribution is -0.283. The van der Waals surface area contributed by atoms with Gasteiger partial charge in [-0.05, 0) is 13.8 Å². The van der Waals surface area contributed by atoms with Crippen molar-refractivity contribution in [1.82, 2.24) is 0 Å². The molecular weight excluding hydrogens is 120 g/mol. The summed E-state index contributed by atoms with van der Waals surface area (Å²) in [5.41, 5.74) is -0.278. The smallest absolute Gasteiger partial charge is 0.292 e. The third kappa shape index (κ3) is 0.833. The van der Waals surface area contributed by atoms with Crippen LogP contribution < -0.4 is 0 Å². The summed E-state index contributed by atoms with van der Waals surface area (Å²) in [6.45, 7) is 6.93. The summed E-state index contributed by atoms with van der Waals surface area (Å²) in [5.74, 6) is -0.472. The summed E-state index contributed by atoms with van der Waals surface area (Å²) in [5, 5.41) is 0. The standard InChI is InChI=1S/C6H8O3/c1-4-5(7)8-9-6(4,2)3/h1H2,2-3H3. The largest absolute Gasteiger partial charge is 0.371 e. The molecule has 0 radical (unpaired) electrons. The van der Waals surface area contributed by atoms with E-state index in [9.17, 15) is 4.79 Å². The van der Waals surface area contributed by atoms with Crippen molar-refractivity contribution in [3.63, 3.8) is 0 Å². The minimum atomic E-state index is -0.642. The van der Waals surface area contributed by atoms with Gasteiger partial charge in [-0.2, -0.15) is 4.89 Å². The molecule has 1 saturated heterocycles. The SMILES string of the molecule is C=C1C(=O)OOC1(C)C. The highest BCUT2D eigenvalue weighted by Gasteiger charge is 2.38. The van der Waals surface area contributed by atoms with Crippen LogP contribution in [0.1, 0.15) is 13.8 Å². The van der Waals surface area contributed by atoms with E-state index in [1.54, 1.807) is 13.8 Å². The summed E-state index contributed by atoms with van der Waals surface area (Å²) in [4.78, 5) is 19.4. The van der Waals surface area contributed by atoms with Crippen molar-refractivity contribution < 1.29 is 14.6 Å². The van der Waals surface area contributed by atoms with Gasteiger partial charge < -0.3 is 0 Å². The first-order valence-corrected chi connectivity index (χ1v) is 2.63. The zero-order chi connectivity index (χ0) is 7.07. The van der Waals surface area contributed by atoms with Crippen LogP contribution in [0.3, 0.4) is 0 Å². The van der Waals surface area contributed by atoms with Gasteiger partial charge in [-0.3, -0.25) is 4.89 Å². The molecule has 0 unspecified atom stereocenters. The minimum Gasteiger partial charge on any atom is -0.292 e. The molecule has 50 valence electrons. The zero-order valence-corrected chi connectivity index (χ0v) is 5.43. The summed E-state index contributed by atoms with van der Waals surface area (Å²) >= 11 is 0. The Hall–Kier alpha value is -0.830. The molecule has 1 rings (SSSR count). The van der Waals surface area contributed by atoms with Crippen molar-refractivity contribution in [1.29, 1.82) is 0 Å². The maximum absolute atomic E-state index is 10.5. The minimum absolute atomic E-state index is 0.363. The molecule has 0 amide bonds. The van der Waals surface area contributed by atoms with Crippen LogP contribution in [0.5, 0.6) is 0 Å². The van der Waals surface area contributed by atoms with Gasteiger partial charge in [0.15, 0.2) is 0 Å². The van der Waals surface area contributed by atoms with Crippen LogP contribution in [0.25, 0.3) is 0 Å². The highest BCUT2D eigenvalue weighted by Crippen LogP contribution is 2.26. The first-order chi connectivity index (χ1) is 4.04. The maximum Gasteiger partial charge on any atom is 0.371 e. The van der Waals surface area contributed by atoms with Gasteiger partial charge in [-0.1, -0.05) is 6.58 Å². The van der Waals surface area contributed by atoms with Crippen molar-refractivity contribution in [3.05, 3.63) is 12.2 Å². The average molecular weight is 128 g/mol. The van der Waals surface area contributed by atoms with E-state index in [0.29, 0.717) is 5.57 Å². The summed E-state index contributed by atoms with van der Waals surface area (Å²) in [6.07, 6.45) is 0. The highest BCUT2D eigenvalue weighted by atomic mass is 17.2. The third-order valence-corrected chi connectivity index (χ3v) is 1.30. The molecule has 3 nitrogen and oxygen atoms in total. The second-order valence-corrected chi connectivity index (χ2v) is 2.44. The van der Waals surface area contributed by atoms with Gasteiger partial charge in [0, 0.05) is 0 Å². The van der Waals surface area contributed by atoms with Gasteiger partial charge in [0.1, 0.15) is 5.60 Å². The maximum atomic E-state index is 10.5. The predicted molar refractivity (Wildman–Crippen MR) is 30.4 cm³/mol. The topological polar surface area (TPSA) is 35.5 Å². The molecule has 9 heavy (non-hydrogen) atoms. The molecule has 0 spiro atoms. The molecule has 0 atom stereocenters. The highest BCUT2D eigenvalue weighted by molar-refractivity contribution is 5.90. The first-order valence-electron chi connectivity index (χ1n) is 2.63. The Bertz CT molecular complexity index is 169. The Morgan fingerprint density at radius 3 is 2.22 bits per heavy atom. The monoisotopic (exact) mass is 128 g/mol. The fourth-order valence-corrected chi connectivity index (χ4v) is 0.488. The third-order valence-electron chi connectivity index (χ3n) is 1.30. The molecular formula is C6H8O3. The van der Waals surface area contributed by atoms with E-state index in [-0.39, 0.29) is 0 Å². The Kier molecular flexibility index (Phi) is 1.10. The van der Waals surface area contributed by atoms with Crippen molar-refractivity contribution >= 4 is 5.97 Å². The van der Waals surface area contributed by atoms with Crippen molar-refractivity contribution in [3.8, 4) is 0 Å². The fraction of sp³-hybridized carbons (Fsp3) is 0.500. The van der Waals surface area contributed by atoms with Crippen LogP contribution in [0.15, 0.2) is 12.2 Å². The van der Waals surface area contributed by atoms with Crippen molar-refractivity contribution in [2.24, 2.45) is 0 Å². The van der Waals surface area contributed by atoms with Crippen molar-refractivity contribution in [2.45, 2.75) is 19.4 Å². The number of hydrogen-bond acceptors (Lipinski definition) is 3. The van der Waals surface area contributed by atoms with Gasteiger partial charge in [-0.15, -0.1) is 0 Å². The molecule has 0 N–H and O–H groups in total. The van der Waals surface area contributed by atoms with Gasteiger partial charge in [0.05, 0.1) is 5.57 Å². The Labute approximate surface area is 53.2 Å². The number of carbonyl (C=O) groups excluding carboxylic acids is 1. The van der Waals surface area contributed by atoms with Gasteiger partial charge in [0.2, 0.25) is 0 Å². The van der Waals surface area contributed by atoms with Gasteiger partial charge in [0.25, 0.3) is 0 Å². The van der Waals surface area contributed by atoms with Gasteiger partial charge in [-0.25, -0.2) is 4.79 Å². The molecule has 0 saturated carbocycles. The summed E-state index contributed by atoms with van der Waals surface area (Å²) in [7, 11) is 0. The quantitative estimate of drug-likeness (QED) is 0.357. The van der Waals surface area contributed by atoms with Crippen LogP contribution in [0, 0.1) is 0 Å². The second kappa shape index (κ2) is 1.57. The lowest BCUT2D eigenvalue weighted by Gasteiger charge is -2.09. The van der Waals surface area contributed by atoms with E-state index in [4.69, 9.17) is 0 Å². The molecule has 3 heteroatoms. The molecule has 0 aliphatic carbocycles. The number of rotatable bonds is 0. The fourth-order valence-electron chi connectivity index (χ4n) is 0.488. The van der Waals surface area contributed by atoms with Crippen LogP contribution in [0.4, 0.5) is 0 Å². The Morgan fingerprint density at radius 2 is 2.11 bits per heavy atom.